The summed E-state index contributed by atoms with van der Waals surface area (Å²) in [5, 5.41) is 4.13. The van der Waals surface area contributed by atoms with Crippen molar-refractivity contribution in [2.24, 2.45) is 0 Å². The molecule has 0 aliphatic carbocycles. The summed E-state index contributed by atoms with van der Waals surface area (Å²) >= 11 is 0. The highest BCUT2D eigenvalue weighted by molar-refractivity contribution is 7.89. The number of amides is 1. The maximum atomic E-state index is 13.4. The maximum absolute atomic E-state index is 13.4. The van der Waals surface area contributed by atoms with Crippen molar-refractivity contribution in [1.82, 2.24) is 19.0 Å². The maximum Gasteiger partial charge on any atom is 0.263 e. The first kappa shape index (κ1) is 23.3. The SMILES string of the molecule is CCCN(C)C(=O)c1cn(CC)nc1S(=O)(=O)N1CCN(c2cccc(C)c2C)CC1. The van der Waals surface area contributed by atoms with Crippen LogP contribution in [-0.4, -0.2) is 73.1 Å². The quantitative estimate of drug-likeness (QED) is 0.652. The second-order valence-corrected chi connectivity index (χ2v) is 9.89. The van der Waals surface area contributed by atoms with E-state index in [4.69, 9.17) is 0 Å². The molecular weight excluding hydrogens is 414 g/mol. The molecule has 1 aliphatic heterocycles. The Balaban J connectivity index is 1.84. The van der Waals surface area contributed by atoms with Crippen LogP contribution in [0.5, 0.6) is 0 Å². The third kappa shape index (κ3) is 4.62. The molecule has 0 atom stereocenters. The molecule has 9 heteroatoms. The number of hydrogen-bond acceptors (Lipinski definition) is 5. The molecule has 0 radical (unpaired) electrons. The molecule has 1 aromatic carbocycles. The first-order valence-electron chi connectivity index (χ1n) is 10.8. The summed E-state index contributed by atoms with van der Waals surface area (Å²) in [7, 11) is -2.18. The van der Waals surface area contributed by atoms with Gasteiger partial charge in [-0.25, -0.2) is 8.42 Å². The normalized spacial score (nSPS) is 15.3. The molecule has 31 heavy (non-hydrogen) atoms. The minimum absolute atomic E-state index is 0.137. The number of piperazine rings is 1. The molecule has 8 nitrogen and oxygen atoms in total. The van der Waals surface area contributed by atoms with Gasteiger partial charge in [0.2, 0.25) is 5.03 Å². The van der Waals surface area contributed by atoms with Crippen LogP contribution in [0.25, 0.3) is 0 Å². The Hall–Kier alpha value is -2.39. The lowest BCUT2D eigenvalue weighted by Crippen LogP contribution is -2.49. The highest BCUT2D eigenvalue weighted by Gasteiger charge is 2.35. The summed E-state index contributed by atoms with van der Waals surface area (Å²) in [6.07, 6.45) is 2.35. The van der Waals surface area contributed by atoms with Gasteiger partial charge in [0.1, 0.15) is 0 Å². The van der Waals surface area contributed by atoms with Gasteiger partial charge in [0, 0.05) is 58.2 Å². The van der Waals surface area contributed by atoms with Crippen LogP contribution in [0.15, 0.2) is 29.4 Å². The van der Waals surface area contributed by atoms with Crippen molar-refractivity contribution >= 4 is 21.6 Å². The Kier molecular flexibility index (Phi) is 7.06. The summed E-state index contributed by atoms with van der Waals surface area (Å²) in [5.74, 6) is -0.311. The topological polar surface area (TPSA) is 78.8 Å². The summed E-state index contributed by atoms with van der Waals surface area (Å²) in [6.45, 7) is 11.0. The van der Waals surface area contributed by atoms with Crippen molar-refractivity contribution in [3.8, 4) is 0 Å². The number of benzene rings is 1. The minimum atomic E-state index is -3.87. The lowest BCUT2D eigenvalue weighted by atomic mass is 10.1. The Labute approximate surface area is 185 Å². The molecule has 1 amide bonds. The number of hydrogen-bond donors (Lipinski definition) is 0. The molecule has 1 aromatic heterocycles. The van der Waals surface area contributed by atoms with E-state index < -0.39 is 10.0 Å². The molecule has 1 saturated heterocycles. The number of rotatable bonds is 7. The Morgan fingerprint density at radius 2 is 1.81 bits per heavy atom. The van der Waals surface area contributed by atoms with Gasteiger partial charge in [0.25, 0.3) is 15.9 Å². The summed E-state index contributed by atoms with van der Waals surface area (Å²) in [6, 6.07) is 6.19. The second kappa shape index (κ2) is 9.40. The molecule has 1 aliphatic rings. The summed E-state index contributed by atoms with van der Waals surface area (Å²) in [4.78, 5) is 16.7. The number of aromatic nitrogens is 2. The highest BCUT2D eigenvalue weighted by Crippen LogP contribution is 2.26. The summed E-state index contributed by atoms with van der Waals surface area (Å²) < 4.78 is 29.9. The minimum Gasteiger partial charge on any atom is -0.369 e. The average Bonchev–Trinajstić information content (AvgIpc) is 3.21. The van der Waals surface area contributed by atoms with Crippen LogP contribution in [0.1, 0.15) is 41.8 Å². The van der Waals surface area contributed by atoms with E-state index >= 15 is 0 Å². The molecule has 2 heterocycles. The molecule has 0 unspecified atom stereocenters. The monoisotopic (exact) mass is 447 g/mol. The standard InChI is InChI=1S/C22H33N5O3S/c1-6-11-24(5)22(28)19-16-26(7-2)23-21(19)31(29,30)27-14-12-25(13-15-27)20-10-8-9-17(3)18(20)4/h8-10,16H,6-7,11-15H2,1-5H3. The fourth-order valence-corrected chi connectivity index (χ4v) is 5.43. The molecule has 0 saturated carbocycles. The lowest BCUT2D eigenvalue weighted by molar-refractivity contribution is 0.0791. The van der Waals surface area contributed by atoms with Crippen molar-refractivity contribution in [1.29, 1.82) is 0 Å². The molecule has 2 aromatic rings. The number of anilines is 1. The highest BCUT2D eigenvalue weighted by atomic mass is 32.2. The van der Waals surface area contributed by atoms with Crippen LogP contribution in [-0.2, 0) is 16.6 Å². The van der Waals surface area contributed by atoms with E-state index in [9.17, 15) is 13.2 Å². The van der Waals surface area contributed by atoms with E-state index in [1.165, 1.54) is 20.1 Å². The zero-order valence-electron chi connectivity index (χ0n) is 19.1. The average molecular weight is 448 g/mol. The van der Waals surface area contributed by atoms with Gasteiger partial charge in [-0.2, -0.15) is 9.40 Å². The molecule has 0 bridgehead atoms. The first-order chi connectivity index (χ1) is 14.7. The van der Waals surface area contributed by atoms with Crippen LogP contribution in [0.2, 0.25) is 0 Å². The third-order valence-electron chi connectivity index (χ3n) is 5.93. The number of aryl methyl sites for hydroxylation is 2. The zero-order chi connectivity index (χ0) is 22.8. The Bertz CT molecular complexity index is 1040. The van der Waals surface area contributed by atoms with Gasteiger partial charge in [-0.1, -0.05) is 19.1 Å². The molecular formula is C22H33N5O3S. The molecule has 0 spiro atoms. The van der Waals surface area contributed by atoms with E-state index in [0.29, 0.717) is 39.3 Å². The molecule has 0 N–H and O–H groups in total. The van der Waals surface area contributed by atoms with Crippen molar-refractivity contribution < 1.29 is 13.2 Å². The fraction of sp³-hybridized carbons (Fsp3) is 0.545. The molecule has 1 fully saturated rings. The van der Waals surface area contributed by atoms with Crippen LogP contribution in [0.4, 0.5) is 5.69 Å². The smallest absolute Gasteiger partial charge is 0.263 e. The van der Waals surface area contributed by atoms with E-state index in [1.807, 2.05) is 19.9 Å². The zero-order valence-corrected chi connectivity index (χ0v) is 19.9. The van der Waals surface area contributed by atoms with Gasteiger partial charge < -0.3 is 9.80 Å². The number of carbonyl (C=O) groups is 1. The van der Waals surface area contributed by atoms with Crippen LogP contribution in [0.3, 0.4) is 0 Å². The van der Waals surface area contributed by atoms with Crippen LogP contribution in [0, 0.1) is 13.8 Å². The van der Waals surface area contributed by atoms with E-state index in [2.05, 4.69) is 36.0 Å². The van der Waals surface area contributed by atoms with Crippen molar-refractivity contribution in [3.63, 3.8) is 0 Å². The van der Waals surface area contributed by atoms with Crippen molar-refractivity contribution in [3.05, 3.63) is 41.1 Å². The Morgan fingerprint density at radius 3 is 2.42 bits per heavy atom. The first-order valence-corrected chi connectivity index (χ1v) is 12.3. The van der Waals surface area contributed by atoms with Crippen molar-refractivity contribution in [2.45, 2.75) is 45.7 Å². The molecule has 170 valence electrons. The second-order valence-electron chi connectivity index (χ2n) is 8.04. The lowest BCUT2D eigenvalue weighted by Gasteiger charge is -2.36. The third-order valence-corrected chi connectivity index (χ3v) is 7.76. The predicted molar refractivity (Wildman–Crippen MR) is 122 cm³/mol. The largest absolute Gasteiger partial charge is 0.369 e. The van der Waals surface area contributed by atoms with E-state index in [0.717, 1.165) is 12.1 Å². The van der Waals surface area contributed by atoms with Crippen LogP contribution >= 0.6 is 0 Å². The van der Waals surface area contributed by atoms with Gasteiger partial charge in [-0.3, -0.25) is 9.48 Å². The van der Waals surface area contributed by atoms with Crippen molar-refractivity contribution in [2.75, 3.05) is 44.7 Å². The molecule has 3 rings (SSSR count). The van der Waals surface area contributed by atoms with E-state index in [1.54, 1.807) is 18.1 Å². The number of carbonyl (C=O) groups excluding carboxylic acids is 1. The fourth-order valence-electron chi connectivity index (χ4n) is 3.92. The van der Waals surface area contributed by atoms with Crippen LogP contribution < -0.4 is 4.90 Å². The number of nitrogens with zero attached hydrogens (tertiary/aromatic N) is 5. The van der Waals surface area contributed by atoms with Gasteiger partial charge in [-0.15, -0.1) is 0 Å². The predicted octanol–water partition coefficient (Wildman–Crippen LogP) is 2.51. The number of sulfonamides is 1. The summed E-state index contributed by atoms with van der Waals surface area (Å²) in [5.41, 5.74) is 3.73. The van der Waals surface area contributed by atoms with E-state index in [-0.39, 0.29) is 16.5 Å². The Morgan fingerprint density at radius 1 is 1.13 bits per heavy atom. The van der Waals surface area contributed by atoms with Gasteiger partial charge >= 0.3 is 0 Å². The van der Waals surface area contributed by atoms with Gasteiger partial charge in [0.15, 0.2) is 0 Å². The van der Waals surface area contributed by atoms with Gasteiger partial charge in [-0.05, 0) is 44.4 Å². The van der Waals surface area contributed by atoms with Gasteiger partial charge in [0.05, 0.1) is 5.56 Å².